The van der Waals surface area contributed by atoms with Crippen molar-refractivity contribution < 1.29 is 9.59 Å². The van der Waals surface area contributed by atoms with E-state index in [1.54, 1.807) is 0 Å². The van der Waals surface area contributed by atoms with Gasteiger partial charge in [-0.05, 0) is 12.3 Å². The molecule has 0 bridgehead atoms. The fourth-order valence-electron chi connectivity index (χ4n) is 1.72. The Morgan fingerprint density at radius 3 is 2.69 bits per heavy atom. The lowest BCUT2D eigenvalue weighted by Gasteiger charge is -2.26. The monoisotopic (exact) mass is 219 g/mol. The van der Waals surface area contributed by atoms with Crippen molar-refractivity contribution in [2.24, 2.45) is 11.8 Å². The number of Topliss-reactive ketones (excluding diaryl/α,β-unsaturated/α-hetero) is 1. The third kappa shape index (κ3) is 3.23. The Balaban J connectivity index is 2.44. The third-order valence-corrected chi connectivity index (χ3v) is 2.94. The second-order valence-corrected chi connectivity index (χ2v) is 4.11. The van der Waals surface area contributed by atoms with Crippen LogP contribution in [0.3, 0.4) is 0 Å². The summed E-state index contributed by atoms with van der Waals surface area (Å²) in [5.41, 5.74) is 0. The molecule has 1 N–H and O–H groups in total. The van der Waals surface area contributed by atoms with Crippen molar-refractivity contribution in [3.8, 4) is 12.3 Å². The average molecular weight is 219 g/mol. The predicted molar refractivity (Wildman–Crippen MR) is 62.5 cm³/mol. The van der Waals surface area contributed by atoms with Gasteiger partial charge in [-0.3, -0.25) is 9.59 Å². The van der Waals surface area contributed by atoms with Crippen LogP contribution in [0.25, 0.3) is 0 Å². The summed E-state index contributed by atoms with van der Waals surface area (Å²) in [6.07, 6.45) is 10.9. The van der Waals surface area contributed by atoms with E-state index < -0.39 is 17.6 Å². The van der Waals surface area contributed by atoms with E-state index >= 15 is 0 Å². The van der Waals surface area contributed by atoms with Crippen LogP contribution < -0.4 is 5.32 Å². The molecule has 1 aliphatic carbocycles. The number of ketones is 1. The Kier molecular flexibility index (Phi) is 4.78. The lowest BCUT2D eigenvalue weighted by Crippen LogP contribution is -2.36. The summed E-state index contributed by atoms with van der Waals surface area (Å²) >= 11 is 0. The summed E-state index contributed by atoms with van der Waals surface area (Å²) in [5, 5.41) is 2.45. The van der Waals surface area contributed by atoms with Crippen LogP contribution >= 0.6 is 0 Å². The molecular formula is C13H17NO2. The van der Waals surface area contributed by atoms with E-state index in [0.717, 1.165) is 12.8 Å². The number of rotatable bonds is 6. The zero-order valence-corrected chi connectivity index (χ0v) is 9.37. The number of hydrogen-bond donors (Lipinski definition) is 1. The van der Waals surface area contributed by atoms with Crippen molar-refractivity contribution in [2.75, 3.05) is 6.54 Å². The van der Waals surface area contributed by atoms with Crippen LogP contribution in [0.2, 0.25) is 0 Å². The van der Waals surface area contributed by atoms with E-state index in [2.05, 4.69) is 17.8 Å². The van der Waals surface area contributed by atoms with Gasteiger partial charge in [-0.1, -0.05) is 31.3 Å². The van der Waals surface area contributed by atoms with Crippen molar-refractivity contribution in [1.82, 2.24) is 5.32 Å². The Hall–Kier alpha value is -1.56. The molecule has 3 nitrogen and oxygen atoms in total. The molecule has 0 radical (unpaired) electrons. The molecule has 0 aromatic rings. The first-order chi connectivity index (χ1) is 7.69. The average Bonchev–Trinajstić information content (AvgIpc) is 2.24. The van der Waals surface area contributed by atoms with Gasteiger partial charge in [0.15, 0.2) is 0 Å². The first-order valence-electron chi connectivity index (χ1n) is 5.58. The van der Waals surface area contributed by atoms with E-state index in [0.29, 0.717) is 18.9 Å². The number of carbonyl (C=O) groups excluding carboxylic acids is 2. The Labute approximate surface area is 96.3 Å². The fourth-order valence-corrected chi connectivity index (χ4v) is 1.72. The normalized spacial score (nSPS) is 16.7. The second-order valence-electron chi connectivity index (χ2n) is 4.11. The fraction of sp³-hybridized carbons (Fsp3) is 0.538. The van der Waals surface area contributed by atoms with Crippen LogP contribution in [0.15, 0.2) is 12.7 Å². The van der Waals surface area contributed by atoms with Gasteiger partial charge in [-0.25, -0.2) is 0 Å². The van der Waals surface area contributed by atoms with Crippen LogP contribution in [-0.4, -0.2) is 18.2 Å². The highest BCUT2D eigenvalue weighted by Crippen LogP contribution is 2.32. The highest BCUT2D eigenvalue weighted by Gasteiger charge is 2.28. The smallest absolute Gasteiger partial charge is 0.288 e. The SMILES string of the molecule is C#CC(CC1CCC1)C(=O)C(=O)NCC=C. The molecule has 1 saturated carbocycles. The van der Waals surface area contributed by atoms with Crippen LogP contribution in [0.1, 0.15) is 25.7 Å². The molecule has 0 saturated heterocycles. The first-order valence-corrected chi connectivity index (χ1v) is 5.58. The lowest BCUT2D eigenvalue weighted by atomic mass is 9.78. The highest BCUT2D eigenvalue weighted by molar-refractivity contribution is 6.37. The maximum atomic E-state index is 11.7. The minimum atomic E-state index is -0.595. The summed E-state index contributed by atoms with van der Waals surface area (Å²) < 4.78 is 0. The standard InChI is InChI=1S/C13H17NO2/c1-3-8-14-13(16)12(15)11(4-2)9-10-6-5-7-10/h2-3,10-11H,1,5-9H2,(H,14,16). The molecule has 1 unspecified atom stereocenters. The summed E-state index contributed by atoms with van der Waals surface area (Å²) in [4.78, 5) is 23.1. The van der Waals surface area contributed by atoms with Gasteiger partial charge in [-0.15, -0.1) is 13.0 Å². The maximum absolute atomic E-state index is 11.7. The van der Waals surface area contributed by atoms with E-state index in [1.165, 1.54) is 12.5 Å². The first kappa shape index (κ1) is 12.5. The molecule has 0 aromatic carbocycles. The van der Waals surface area contributed by atoms with Crippen molar-refractivity contribution in [1.29, 1.82) is 0 Å². The minimum absolute atomic E-state index is 0.297. The zero-order valence-electron chi connectivity index (χ0n) is 9.37. The molecule has 1 rings (SSSR count). The molecule has 3 heteroatoms. The Morgan fingerprint density at radius 1 is 1.56 bits per heavy atom. The van der Waals surface area contributed by atoms with Crippen molar-refractivity contribution in [3.05, 3.63) is 12.7 Å². The number of carbonyl (C=O) groups is 2. The maximum Gasteiger partial charge on any atom is 0.288 e. The zero-order chi connectivity index (χ0) is 12.0. The number of hydrogen-bond acceptors (Lipinski definition) is 2. The van der Waals surface area contributed by atoms with Crippen LogP contribution in [0.4, 0.5) is 0 Å². The van der Waals surface area contributed by atoms with Gasteiger partial charge in [-0.2, -0.15) is 0 Å². The largest absolute Gasteiger partial charge is 0.346 e. The van der Waals surface area contributed by atoms with Crippen molar-refractivity contribution in [3.63, 3.8) is 0 Å². The van der Waals surface area contributed by atoms with Gasteiger partial charge in [0, 0.05) is 6.54 Å². The van der Waals surface area contributed by atoms with Crippen LogP contribution in [0.5, 0.6) is 0 Å². The summed E-state index contributed by atoms with van der Waals surface area (Å²) in [6.45, 7) is 3.76. The van der Waals surface area contributed by atoms with Gasteiger partial charge in [0.25, 0.3) is 5.91 Å². The van der Waals surface area contributed by atoms with Gasteiger partial charge < -0.3 is 5.32 Å². The Bertz CT molecular complexity index is 323. The highest BCUT2D eigenvalue weighted by atomic mass is 16.2. The summed E-state index contributed by atoms with van der Waals surface area (Å²) in [5.74, 6) is 1.30. The molecule has 1 fully saturated rings. The predicted octanol–water partition coefficient (Wildman–Crippen LogP) is 1.30. The molecule has 86 valence electrons. The van der Waals surface area contributed by atoms with E-state index in [4.69, 9.17) is 6.42 Å². The van der Waals surface area contributed by atoms with Crippen LogP contribution in [-0.2, 0) is 9.59 Å². The number of terminal acetylenes is 1. The molecule has 0 aromatic heterocycles. The van der Waals surface area contributed by atoms with Gasteiger partial charge in [0.05, 0.1) is 5.92 Å². The third-order valence-electron chi connectivity index (χ3n) is 2.94. The van der Waals surface area contributed by atoms with Crippen molar-refractivity contribution >= 4 is 11.7 Å². The second kappa shape index (κ2) is 6.12. The van der Waals surface area contributed by atoms with Gasteiger partial charge in [0.1, 0.15) is 0 Å². The molecule has 1 atom stereocenters. The molecule has 16 heavy (non-hydrogen) atoms. The topological polar surface area (TPSA) is 46.2 Å². The van der Waals surface area contributed by atoms with E-state index in [9.17, 15) is 9.59 Å². The molecular weight excluding hydrogens is 202 g/mol. The van der Waals surface area contributed by atoms with Gasteiger partial charge in [0.2, 0.25) is 5.78 Å². The molecule has 0 aliphatic heterocycles. The summed E-state index contributed by atoms with van der Waals surface area (Å²) in [6, 6.07) is 0. The summed E-state index contributed by atoms with van der Waals surface area (Å²) in [7, 11) is 0. The van der Waals surface area contributed by atoms with E-state index in [-0.39, 0.29) is 0 Å². The molecule has 1 aliphatic rings. The quantitative estimate of drug-likeness (QED) is 0.416. The van der Waals surface area contributed by atoms with Crippen LogP contribution in [0, 0.1) is 24.2 Å². The Morgan fingerprint density at radius 2 is 2.25 bits per heavy atom. The number of amides is 1. The van der Waals surface area contributed by atoms with E-state index in [1.807, 2.05) is 0 Å². The van der Waals surface area contributed by atoms with Gasteiger partial charge >= 0.3 is 0 Å². The molecule has 0 spiro atoms. The molecule has 0 heterocycles. The van der Waals surface area contributed by atoms with Crippen molar-refractivity contribution in [2.45, 2.75) is 25.7 Å². The molecule has 1 amide bonds. The lowest BCUT2D eigenvalue weighted by molar-refractivity contribution is -0.139. The minimum Gasteiger partial charge on any atom is -0.346 e. The number of nitrogens with one attached hydrogen (secondary N) is 1.